The van der Waals surface area contributed by atoms with E-state index < -0.39 is 0 Å². The van der Waals surface area contributed by atoms with Crippen molar-refractivity contribution in [2.75, 3.05) is 4.90 Å². The summed E-state index contributed by atoms with van der Waals surface area (Å²) in [6.07, 6.45) is 0. The van der Waals surface area contributed by atoms with Crippen LogP contribution in [0.1, 0.15) is 26.3 Å². The van der Waals surface area contributed by atoms with Gasteiger partial charge in [0.2, 0.25) is 0 Å². The van der Waals surface area contributed by atoms with Gasteiger partial charge in [0.1, 0.15) is 0 Å². The highest BCUT2D eigenvalue weighted by atomic mass is 15.1. The lowest BCUT2D eigenvalue weighted by molar-refractivity contribution is 0.590. The van der Waals surface area contributed by atoms with Gasteiger partial charge in [-0.15, -0.1) is 0 Å². The van der Waals surface area contributed by atoms with Gasteiger partial charge in [-0.3, -0.25) is 0 Å². The fourth-order valence-electron chi connectivity index (χ4n) is 10.3. The van der Waals surface area contributed by atoms with Crippen molar-refractivity contribution in [1.29, 1.82) is 0 Å². The van der Waals surface area contributed by atoms with Gasteiger partial charge in [-0.25, -0.2) is 0 Å². The molecule has 1 heteroatoms. The highest BCUT2D eigenvalue weighted by Crippen LogP contribution is 2.50. The summed E-state index contributed by atoms with van der Waals surface area (Å²) in [6.45, 7) is 6.86. The molecule has 0 aliphatic rings. The normalized spacial score (nSPS) is 12.0. The first-order chi connectivity index (χ1) is 30.9. The van der Waals surface area contributed by atoms with E-state index in [-0.39, 0.29) is 5.41 Å². The van der Waals surface area contributed by atoms with Crippen molar-refractivity contribution in [3.05, 3.63) is 224 Å². The predicted molar refractivity (Wildman–Crippen MR) is 272 cm³/mol. The molecule has 0 spiro atoms. The maximum Gasteiger partial charge on any atom is 0.0473 e. The lowest BCUT2D eigenvalue weighted by atomic mass is 9.81. The van der Waals surface area contributed by atoms with Crippen molar-refractivity contribution in [1.82, 2.24) is 0 Å². The molecule has 0 saturated heterocycles. The summed E-state index contributed by atoms with van der Waals surface area (Å²) in [5, 5.41) is 15.2. The summed E-state index contributed by atoms with van der Waals surface area (Å²) in [4.78, 5) is 2.47. The van der Waals surface area contributed by atoms with Crippen LogP contribution >= 0.6 is 0 Å². The molecule has 0 heterocycles. The summed E-state index contributed by atoms with van der Waals surface area (Å²) in [5.74, 6) is 0. The number of nitrogens with zero attached hydrogens (tertiary/aromatic N) is 1. The van der Waals surface area contributed by atoms with Crippen LogP contribution in [-0.4, -0.2) is 0 Å². The van der Waals surface area contributed by atoms with E-state index in [1.165, 1.54) is 104 Å². The van der Waals surface area contributed by atoms with Gasteiger partial charge in [-0.2, -0.15) is 0 Å². The third kappa shape index (κ3) is 6.07. The monoisotopic (exact) mass is 803 g/mol. The lowest BCUT2D eigenvalue weighted by Crippen LogP contribution is -2.13. The first-order valence-electron chi connectivity index (χ1n) is 22.1. The smallest absolute Gasteiger partial charge is 0.0473 e. The van der Waals surface area contributed by atoms with Crippen LogP contribution in [0.15, 0.2) is 218 Å². The third-order valence-electron chi connectivity index (χ3n) is 13.3. The van der Waals surface area contributed by atoms with Crippen molar-refractivity contribution in [2.45, 2.75) is 26.2 Å². The zero-order chi connectivity index (χ0) is 42.2. The minimum atomic E-state index is 0.0383. The van der Waals surface area contributed by atoms with Crippen LogP contribution in [0, 0.1) is 0 Å². The number of benzene rings is 12. The molecule has 0 N–H and O–H groups in total. The molecule has 0 radical (unpaired) electrons. The molecule has 0 aliphatic carbocycles. The fraction of sp³-hybridized carbons (Fsp3) is 0.0645. The fourth-order valence-corrected chi connectivity index (χ4v) is 10.3. The maximum absolute atomic E-state index is 2.47. The average Bonchev–Trinajstić information content (AvgIpc) is 3.33. The molecule has 0 saturated carbocycles. The van der Waals surface area contributed by atoms with Crippen LogP contribution in [0.5, 0.6) is 0 Å². The van der Waals surface area contributed by atoms with Crippen molar-refractivity contribution in [3.63, 3.8) is 0 Å². The van der Waals surface area contributed by atoms with E-state index in [9.17, 15) is 0 Å². The van der Waals surface area contributed by atoms with Gasteiger partial charge in [-0.05, 0) is 151 Å². The molecular formula is C62H45N. The molecule has 0 atom stereocenters. The Labute approximate surface area is 368 Å². The zero-order valence-corrected chi connectivity index (χ0v) is 35.7. The van der Waals surface area contributed by atoms with E-state index in [1.807, 2.05) is 0 Å². The molecule has 1 nitrogen and oxygen atoms in total. The third-order valence-corrected chi connectivity index (χ3v) is 13.3. The molecule has 12 aromatic rings. The quantitative estimate of drug-likeness (QED) is 0.151. The van der Waals surface area contributed by atoms with E-state index in [0.717, 1.165) is 17.1 Å². The molecule has 12 rings (SSSR count). The molecule has 0 fully saturated rings. The van der Waals surface area contributed by atoms with Crippen molar-refractivity contribution in [3.8, 4) is 33.4 Å². The van der Waals surface area contributed by atoms with E-state index in [1.54, 1.807) is 0 Å². The van der Waals surface area contributed by atoms with E-state index >= 15 is 0 Å². The van der Waals surface area contributed by atoms with Gasteiger partial charge in [0.25, 0.3) is 0 Å². The first-order valence-corrected chi connectivity index (χ1v) is 22.1. The number of anilines is 3. The molecule has 0 unspecified atom stereocenters. The highest BCUT2D eigenvalue weighted by molar-refractivity contribution is 6.33. The van der Waals surface area contributed by atoms with Gasteiger partial charge in [-0.1, -0.05) is 197 Å². The predicted octanol–water partition coefficient (Wildman–Crippen LogP) is 17.8. The number of hydrogen-bond donors (Lipinski definition) is 0. The summed E-state index contributed by atoms with van der Waals surface area (Å²) >= 11 is 0. The number of hydrogen-bond acceptors (Lipinski definition) is 1. The van der Waals surface area contributed by atoms with Gasteiger partial charge in [0, 0.05) is 17.1 Å². The largest absolute Gasteiger partial charge is 0.310 e. The van der Waals surface area contributed by atoms with Gasteiger partial charge in [0.05, 0.1) is 0 Å². The zero-order valence-electron chi connectivity index (χ0n) is 35.7. The Morgan fingerprint density at radius 1 is 0.302 bits per heavy atom. The molecule has 298 valence electrons. The second-order valence-corrected chi connectivity index (χ2v) is 18.1. The summed E-state index contributed by atoms with van der Waals surface area (Å²) in [7, 11) is 0. The van der Waals surface area contributed by atoms with Gasteiger partial charge in [0.15, 0.2) is 0 Å². The Balaban J connectivity index is 1.19. The Morgan fingerprint density at radius 2 is 0.810 bits per heavy atom. The van der Waals surface area contributed by atoms with Crippen LogP contribution in [-0.2, 0) is 5.41 Å². The van der Waals surface area contributed by atoms with Crippen LogP contribution in [0.3, 0.4) is 0 Å². The summed E-state index contributed by atoms with van der Waals surface area (Å²) in [5.41, 5.74) is 12.1. The Morgan fingerprint density at radius 3 is 1.43 bits per heavy atom. The molecule has 0 aliphatic heterocycles. The van der Waals surface area contributed by atoms with E-state index in [0.29, 0.717) is 0 Å². The SMILES string of the molecule is CC(C)(C)c1ccc(N(c2cc3ccc4cccc5ccc(c2)c3c45)c2ccc3c(c2)c2ccccc2c2c(-c4ccccc4)cc(-c4ccccc4)c(-c4ccccc4)c32)cc1. The van der Waals surface area contributed by atoms with Crippen molar-refractivity contribution in [2.24, 2.45) is 0 Å². The van der Waals surface area contributed by atoms with Crippen molar-refractivity contribution < 1.29 is 0 Å². The lowest BCUT2D eigenvalue weighted by Gasteiger charge is -2.28. The Kier molecular flexibility index (Phi) is 8.49. The molecule has 0 amide bonds. The first kappa shape index (κ1) is 37.1. The standard InChI is InChI=1S/C62H45N/c1-62(2,3)47-30-32-48(33-31-47)63(50-36-45-28-26-43-22-15-23-44-27-29-46(37-50)58(45)57(43)44)49-34-35-53-56(38-49)51-24-13-14-25-52(51)60-55(41-18-9-5-10-19-41)39-54(40-16-7-4-8-17-40)59(61(53)60)42-20-11-6-12-21-42/h4-39H,1-3H3. The topological polar surface area (TPSA) is 3.24 Å². The second-order valence-electron chi connectivity index (χ2n) is 18.1. The Bertz CT molecular complexity index is 3610. The number of rotatable bonds is 6. The molecular weight excluding hydrogens is 759 g/mol. The summed E-state index contributed by atoms with van der Waals surface area (Å²) < 4.78 is 0. The molecule has 0 aromatic heterocycles. The van der Waals surface area contributed by atoms with E-state index in [2.05, 4.69) is 244 Å². The van der Waals surface area contributed by atoms with Gasteiger partial charge >= 0.3 is 0 Å². The highest BCUT2D eigenvalue weighted by Gasteiger charge is 2.24. The second kappa shape index (κ2) is 14.4. The minimum Gasteiger partial charge on any atom is -0.310 e. The molecule has 0 bridgehead atoms. The van der Waals surface area contributed by atoms with Crippen LogP contribution in [0.2, 0.25) is 0 Å². The number of fused-ring (bicyclic) bond motifs is 6. The van der Waals surface area contributed by atoms with E-state index in [4.69, 9.17) is 0 Å². The molecule has 63 heavy (non-hydrogen) atoms. The van der Waals surface area contributed by atoms with Crippen LogP contribution < -0.4 is 4.90 Å². The Hall–Kier alpha value is -7.74. The van der Waals surface area contributed by atoms with Crippen molar-refractivity contribution >= 4 is 81.7 Å². The van der Waals surface area contributed by atoms with Gasteiger partial charge < -0.3 is 4.90 Å². The average molecular weight is 804 g/mol. The minimum absolute atomic E-state index is 0.0383. The molecule has 12 aromatic carbocycles. The van der Waals surface area contributed by atoms with Crippen LogP contribution in [0.4, 0.5) is 17.1 Å². The maximum atomic E-state index is 2.47. The summed E-state index contributed by atoms with van der Waals surface area (Å²) in [6, 6.07) is 81.3. The van der Waals surface area contributed by atoms with Crippen LogP contribution in [0.25, 0.3) is 98.0 Å².